The fourth-order valence-corrected chi connectivity index (χ4v) is 9.80. The number of Topliss-reactive ketones (excluding diaryl/α,β-unsaturated/α-hetero) is 4. The lowest BCUT2D eigenvalue weighted by Crippen LogP contribution is -2.48. The number of hydrogen-bond acceptors (Lipinski definition) is 9. The van der Waals surface area contributed by atoms with E-state index in [1.54, 1.807) is 29.6 Å². The first-order valence-electron chi connectivity index (χ1n) is 23.1. The molecule has 0 saturated heterocycles. The third-order valence-electron chi connectivity index (χ3n) is 13.6. The van der Waals surface area contributed by atoms with E-state index < -0.39 is 6.04 Å². The maximum absolute atomic E-state index is 13.8. The van der Waals surface area contributed by atoms with Crippen LogP contribution < -0.4 is 11.1 Å². The van der Waals surface area contributed by atoms with E-state index in [0.717, 1.165) is 59.3 Å². The smallest absolute Gasteiger partial charge is 0.270 e. The van der Waals surface area contributed by atoms with Crippen molar-refractivity contribution in [1.29, 1.82) is 0 Å². The monoisotopic (exact) mass is 866 g/mol. The third kappa shape index (κ3) is 10.1. The highest BCUT2D eigenvalue weighted by Gasteiger charge is 2.48. The second-order valence-corrected chi connectivity index (χ2v) is 19.1. The normalized spacial score (nSPS) is 17.0. The van der Waals surface area contributed by atoms with Gasteiger partial charge in [0.2, 0.25) is 0 Å². The topological polar surface area (TPSA) is 177 Å². The summed E-state index contributed by atoms with van der Waals surface area (Å²) in [6.07, 6.45) is 15.0. The first-order valence-corrected chi connectivity index (χ1v) is 23.1. The van der Waals surface area contributed by atoms with Crippen molar-refractivity contribution in [2.75, 3.05) is 0 Å². The van der Waals surface area contributed by atoms with Gasteiger partial charge in [-0.1, -0.05) is 48.5 Å². The van der Waals surface area contributed by atoms with Crippen LogP contribution in [-0.4, -0.2) is 70.0 Å². The van der Waals surface area contributed by atoms with Crippen LogP contribution in [0.4, 0.5) is 0 Å². The molecule has 4 aliphatic rings. The standard InChI is InChI=1S/C29H35N5O3.C22H27N3O2/c1-17(2)34-23(13-14-31-34)29(37)32-27(25(20-9-10-20)21-11-12-21)24(36)15-19-5-7-22(8-6-19)28-26(18(3)35)30-16-33(28)4;1-13(26)21-22(25(2)12-24-21)17-5-3-14(4-6-17)11-18(27)20(23)19(15-7-8-15)16-9-10-16/h5-8,13-14,16-17,20-21,25,27H,9-12,15H2,1-4H3,(H,32,37);3-6,12,15-16,19-20H,7-11,23H2,1-2H3/t27-;20-/m11/s1. The van der Waals surface area contributed by atoms with Crippen molar-refractivity contribution in [3.8, 4) is 22.5 Å². The summed E-state index contributed by atoms with van der Waals surface area (Å²) in [5.74, 6) is 2.77. The zero-order chi connectivity index (χ0) is 45.4. The van der Waals surface area contributed by atoms with Gasteiger partial charge in [-0.05, 0) is 118 Å². The molecule has 4 fully saturated rings. The molecule has 5 aromatic rings. The number of imidazole rings is 2. The minimum atomic E-state index is -0.510. The number of nitrogens with one attached hydrogen (secondary N) is 1. The lowest BCUT2D eigenvalue weighted by molar-refractivity contribution is -0.122. The SMILES string of the molecule is CC(=O)c1ncn(C)c1-c1ccc(CC(=O)[C@@H](N)C(C2CC2)C2CC2)cc1.CC(=O)c1ncn(C)c1-c1ccc(CC(=O)[C@@H](NC(=O)c2ccnn2C(C)C)C(C2CC2)C2CC2)cc1. The molecular weight excluding hydrogens is 805 g/mol. The Morgan fingerprint density at radius 2 is 1.06 bits per heavy atom. The van der Waals surface area contributed by atoms with Gasteiger partial charge in [0.15, 0.2) is 23.1 Å². The van der Waals surface area contributed by atoms with Gasteiger partial charge in [0.1, 0.15) is 17.1 Å². The summed E-state index contributed by atoms with van der Waals surface area (Å²) < 4.78 is 5.38. The second kappa shape index (κ2) is 18.7. The number of amides is 1. The van der Waals surface area contributed by atoms with Crippen LogP contribution in [0.3, 0.4) is 0 Å². The van der Waals surface area contributed by atoms with Crippen LogP contribution in [0.25, 0.3) is 22.5 Å². The van der Waals surface area contributed by atoms with Crippen molar-refractivity contribution in [3.05, 3.63) is 102 Å². The van der Waals surface area contributed by atoms with Crippen molar-refractivity contribution in [3.63, 3.8) is 0 Å². The average Bonchev–Trinajstić information content (AvgIpc) is 4.05. The van der Waals surface area contributed by atoms with Crippen LogP contribution in [-0.2, 0) is 36.5 Å². The Hall–Kier alpha value is -5.82. The van der Waals surface area contributed by atoms with Gasteiger partial charge in [0.25, 0.3) is 5.91 Å². The molecule has 0 bridgehead atoms. The summed E-state index contributed by atoms with van der Waals surface area (Å²) in [6, 6.07) is 16.5. The van der Waals surface area contributed by atoms with Gasteiger partial charge in [-0.2, -0.15) is 5.10 Å². The predicted molar refractivity (Wildman–Crippen MR) is 244 cm³/mol. The average molecular weight is 867 g/mol. The summed E-state index contributed by atoms with van der Waals surface area (Å²) in [4.78, 5) is 72.0. The van der Waals surface area contributed by atoms with E-state index in [0.29, 0.717) is 53.1 Å². The molecule has 2 aromatic carbocycles. The number of rotatable bonds is 19. The summed E-state index contributed by atoms with van der Waals surface area (Å²) in [5.41, 5.74) is 13.0. The van der Waals surface area contributed by atoms with Crippen molar-refractivity contribution in [2.24, 2.45) is 55.3 Å². The maximum Gasteiger partial charge on any atom is 0.270 e. The van der Waals surface area contributed by atoms with E-state index >= 15 is 0 Å². The molecule has 0 radical (unpaired) electrons. The number of carbonyl (C=O) groups is 5. The molecule has 3 N–H and O–H groups in total. The minimum Gasteiger partial charge on any atom is -0.341 e. The molecule has 0 spiro atoms. The second-order valence-electron chi connectivity index (χ2n) is 19.1. The first-order chi connectivity index (χ1) is 30.7. The van der Waals surface area contributed by atoms with E-state index in [1.165, 1.54) is 39.5 Å². The zero-order valence-corrected chi connectivity index (χ0v) is 38.0. The van der Waals surface area contributed by atoms with Gasteiger partial charge < -0.3 is 20.2 Å². The number of carbonyl (C=O) groups excluding carboxylic acids is 5. The van der Waals surface area contributed by atoms with E-state index in [4.69, 9.17) is 5.73 Å². The van der Waals surface area contributed by atoms with Crippen molar-refractivity contribution >= 4 is 29.0 Å². The van der Waals surface area contributed by atoms with Gasteiger partial charge in [-0.3, -0.25) is 28.7 Å². The van der Waals surface area contributed by atoms with Crippen LogP contribution in [0.1, 0.15) is 128 Å². The molecule has 0 aliphatic heterocycles. The van der Waals surface area contributed by atoms with E-state index in [-0.39, 0.29) is 53.5 Å². The number of ketones is 4. The molecule has 3 heterocycles. The molecule has 2 atom stereocenters. The third-order valence-corrected chi connectivity index (χ3v) is 13.6. The quantitative estimate of drug-likeness (QED) is 0.0793. The van der Waals surface area contributed by atoms with Gasteiger partial charge in [-0.25, -0.2) is 9.97 Å². The van der Waals surface area contributed by atoms with Crippen LogP contribution in [0.2, 0.25) is 0 Å². The molecule has 3 aromatic heterocycles. The van der Waals surface area contributed by atoms with Crippen LogP contribution in [0.5, 0.6) is 0 Å². The van der Waals surface area contributed by atoms with Crippen molar-refractivity contribution in [2.45, 2.75) is 110 Å². The Labute approximate surface area is 375 Å². The largest absolute Gasteiger partial charge is 0.341 e. The molecule has 1 amide bonds. The van der Waals surface area contributed by atoms with Gasteiger partial charge in [-0.15, -0.1) is 0 Å². The Morgan fingerprint density at radius 1 is 0.641 bits per heavy atom. The Kier molecular flexibility index (Phi) is 13.1. The summed E-state index contributed by atoms with van der Waals surface area (Å²) >= 11 is 0. The highest BCUT2D eigenvalue weighted by Crippen LogP contribution is 2.52. The lowest BCUT2D eigenvalue weighted by Gasteiger charge is -2.27. The van der Waals surface area contributed by atoms with Crippen LogP contribution in [0.15, 0.2) is 73.4 Å². The zero-order valence-electron chi connectivity index (χ0n) is 38.0. The molecule has 336 valence electrons. The number of aromatic nitrogens is 6. The molecular formula is C51H62N8O5. The van der Waals surface area contributed by atoms with E-state index in [9.17, 15) is 24.0 Å². The van der Waals surface area contributed by atoms with Gasteiger partial charge >= 0.3 is 0 Å². The number of benzene rings is 2. The Balaban J connectivity index is 0.000000184. The van der Waals surface area contributed by atoms with Gasteiger partial charge in [0, 0.05) is 64.2 Å². The molecule has 4 aliphatic carbocycles. The predicted octanol–water partition coefficient (Wildman–Crippen LogP) is 7.58. The number of aryl methyl sites for hydroxylation is 2. The van der Waals surface area contributed by atoms with Crippen molar-refractivity contribution in [1.82, 2.24) is 34.2 Å². The van der Waals surface area contributed by atoms with Crippen LogP contribution in [0, 0.1) is 35.5 Å². The molecule has 0 unspecified atom stereocenters. The Morgan fingerprint density at radius 3 is 1.47 bits per heavy atom. The first kappa shape index (κ1) is 44.8. The lowest BCUT2D eigenvalue weighted by atomic mass is 9.85. The van der Waals surface area contributed by atoms with Crippen LogP contribution >= 0.6 is 0 Å². The molecule has 64 heavy (non-hydrogen) atoms. The summed E-state index contributed by atoms with van der Waals surface area (Å²) in [7, 11) is 3.74. The summed E-state index contributed by atoms with van der Waals surface area (Å²) in [5, 5.41) is 7.43. The number of hydrogen-bond donors (Lipinski definition) is 2. The Bertz CT molecular complexity index is 2490. The molecule has 9 rings (SSSR count). The fourth-order valence-electron chi connectivity index (χ4n) is 9.80. The molecule has 4 saturated carbocycles. The maximum atomic E-state index is 13.8. The fraction of sp³-hybridized carbons (Fsp3) is 0.490. The van der Waals surface area contributed by atoms with Crippen molar-refractivity contribution < 1.29 is 24.0 Å². The number of nitrogens with zero attached hydrogens (tertiary/aromatic N) is 6. The van der Waals surface area contributed by atoms with E-state index in [1.807, 2.05) is 85.6 Å². The molecule has 13 heteroatoms. The highest BCUT2D eigenvalue weighted by molar-refractivity contribution is 5.99. The molecule has 13 nitrogen and oxygen atoms in total. The highest BCUT2D eigenvalue weighted by atomic mass is 16.2. The minimum absolute atomic E-state index is 0.0467. The van der Waals surface area contributed by atoms with E-state index in [2.05, 4.69) is 20.4 Å². The number of nitrogens with two attached hydrogens (primary N) is 1. The van der Waals surface area contributed by atoms with Gasteiger partial charge in [0.05, 0.1) is 36.1 Å². The summed E-state index contributed by atoms with van der Waals surface area (Å²) in [6.45, 7) is 7.00.